The summed E-state index contributed by atoms with van der Waals surface area (Å²) in [6.07, 6.45) is -2.59. The Morgan fingerprint density at radius 3 is 2.75 bits per heavy atom. The van der Waals surface area contributed by atoms with Gasteiger partial charge in [0.05, 0.1) is 6.04 Å². The van der Waals surface area contributed by atoms with Crippen LogP contribution in [0.3, 0.4) is 0 Å². The van der Waals surface area contributed by atoms with Gasteiger partial charge in [-0.05, 0) is 24.5 Å². The van der Waals surface area contributed by atoms with Gasteiger partial charge in [0.1, 0.15) is 0 Å². The number of alkyl halides is 3. The number of aryl methyl sites for hydroxylation is 2. The Hall–Kier alpha value is -1.98. The van der Waals surface area contributed by atoms with E-state index < -0.39 is 11.9 Å². The van der Waals surface area contributed by atoms with Gasteiger partial charge >= 0.3 is 6.18 Å². The molecule has 2 aromatic rings. The smallest absolute Gasteiger partial charge is 0.349 e. The summed E-state index contributed by atoms with van der Waals surface area (Å²) in [5.74, 6) is 0.289. The lowest BCUT2D eigenvalue weighted by atomic mass is 9.98. The number of benzene rings is 1. The van der Waals surface area contributed by atoms with E-state index in [2.05, 4.69) is 10.3 Å². The first-order valence-electron chi connectivity index (χ1n) is 6.41. The fourth-order valence-corrected chi connectivity index (χ4v) is 2.55. The zero-order chi connectivity index (χ0) is 14.3. The number of rotatable bonds is 1. The van der Waals surface area contributed by atoms with Crippen molar-refractivity contribution in [3.63, 3.8) is 0 Å². The molecule has 6 heteroatoms. The molecule has 2 heterocycles. The number of fused-ring (bicyclic) bond motifs is 1. The van der Waals surface area contributed by atoms with Crippen LogP contribution in [0.15, 0.2) is 30.5 Å². The van der Waals surface area contributed by atoms with Crippen molar-refractivity contribution in [2.45, 2.75) is 32.1 Å². The number of nitrogens with zero attached hydrogens (tertiary/aromatic N) is 2. The van der Waals surface area contributed by atoms with Crippen LogP contribution in [0, 0.1) is 6.92 Å². The van der Waals surface area contributed by atoms with Gasteiger partial charge in [0.25, 0.3) is 0 Å². The van der Waals surface area contributed by atoms with Crippen molar-refractivity contribution in [3.8, 4) is 0 Å². The zero-order valence-corrected chi connectivity index (χ0v) is 10.9. The number of imidazole rings is 1. The van der Waals surface area contributed by atoms with E-state index in [-0.39, 0.29) is 12.0 Å². The molecular weight excluding hydrogens is 267 g/mol. The van der Waals surface area contributed by atoms with Crippen LogP contribution in [-0.4, -0.2) is 9.55 Å². The number of hydrogen-bond acceptors (Lipinski definition) is 2. The first kappa shape index (κ1) is 13.0. The Kier molecular flexibility index (Phi) is 2.96. The molecule has 1 aliphatic heterocycles. The molecule has 0 fully saturated rings. The number of anilines is 1. The largest absolute Gasteiger partial charge is 0.434 e. The normalized spacial score (nSPS) is 18.5. The summed E-state index contributed by atoms with van der Waals surface area (Å²) >= 11 is 0. The Labute approximate surface area is 114 Å². The molecule has 1 N–H and O–H groups in total. The van der Waals surface area contributed by atoms with Crippen LogP contribution in [0.25, 0.3) is 0 Å². The van der Waals surface area contributed by atoms with E-state index >= 15 is 0 Å². The van der Waals surface area contributed by atoms with Gasteiger partial charge in [0.2, 0.25) is 5.95 Å². The molecule has 0 aliphatic carbocycles. The predicted molar refractivity (Wildman–Crippen MR) is 69.4 cm³/mol. The second kappa shape index (κ2) is 4.54. The predicted octanol–water partition coefficient (Wildman–Crippen LogP) is 3.77. The van der Waals surface area contributed by atoms with Crippen LogP contribution >= 0.6 is 0 Å². The minimum atomic E-state index is -4.40. The molecule has 1 aliphatic rings. The van der Waals surface area contributed by atoms with Gasteiger partial charge in [-0.2, -0.15) is 13.2 Å². The summed E-state index contributed by atoms with van der Waals surface area (Å²) in [6.45, 7) is 2.53. The summed E-state index contributed by atoms with van der Waals surface area (Å²) in [4.78, 5) is 3.65. The van der Waals surface area contributed by atoms with Crippen LogP contribution in [0.1, 0.15) is 29.3 Å². The average Bonchev–Trinajstić information content (AvgIpc) is 2.82. The van der Waals surface area contributed by atoms with E-state index in [4.69, 9.17) is 0 Å². The third-order valence-electron chi connectivity index (χ3n) is 3.59. The Balaban J connectivity index is 1.89. The molecule has 0 spiro atoms. The third kappa shape index (κ3) is 2.26. The van der Waals surface area contributed by atoms with Gasteiger partial charge in [0.15, 0.2) is 5.69 Å². The Bertz CT molecular complexity index is 631. The molecule has 0 radical (unpaired) electrons. The second-order valence-electron chi connectivity index (χ2n) is 4.98. The van der Waals surface area contributed by atoms with Gasteiger partial charge in [-0.1, -0.05) is 24.3 Å². The average molecular weight is 281 g/mol. The summed E-state index contributed by atoms with van der Waals surface area (Å²) < 4.78 is 39.5. The molecule has 20 heavy (non-hydrogen) atoms. The van der Waals surface area contributed by atoms with Crippen molar-refractivity contribution in [1.29, 1.82) is 0 Å². The van der Waals surface area contributed by atoms with Crippen LogP contribution in [0.5, 0.6) is 0 Å². The fraction of sp³-hybridized carbons (Fsp3) is 0.357. The summed E-state index contributed by atoms with van der Waals surface area (Å²) in [5.41, 5.74) is 1.39. The van der Waals surface area contributed by atoms with Gasteiger partial charge < -0.3 is 9.88 Å². The standard InChI is InChI=1S/C14H14F3N3/c1-9-4-2-3-5-10(9)11-6-7-20-8-12(14(15,16)17)19-13(20)18-11/h2-5,8,11H,6-7H2,1H3,(H,18,19). The zero-order valence-electron chi connectivity index (χ0n) is 10.9. The summed E-state index contributed by atoms with van der Waals surface area (Å²) in [6, 6.07) is 7.89. The molecular formula is C14H14F3N3. The summed E-state index contributed by atoms with van der Waals surface area (Å²) in [7, 11) is 0. The van der Waals surface area contributed by atoms with E-state index in [0.717, 1.165) is 23.7 Å². The van der Waals surface area contributed by atoms with Crippen molar-refractivity contribution < 1.29 is 13.2 Å². The molecule has 1 aromatic carbocycles. The van der Waals surface area contributed by atoms with Crippen molar-refractivity contribution in [1.82, 2.24) is 9.55 Å². The number of hydrogen-bond donors (Lipinski definition) is 1. The molecule has 0 saturated carbocycles. The van der Waals surface area contributed by atoms with Crippen LogP contribution in [0.4, 0.5) is 19.1 Å². The highest BCUT2D eigenvalue weighted by Crippen LogP contribution is 2.34. The molecule has 0 amide bonds. The van der Waals surface area contributed by atoms with Gasteiger partial charge in [-0.25, -0.2) is 4.98 Å². The van der Waals surface area contributed by atoms with Crippen molar-refractivity contribution >= 4 is 5.95 Å². The molecule has 0 saturated heterocycles. The quantitative estimate of drug-likeness (QED) is 0.862. The molecule has 0 bridgehead atoms. The lowest BCUT2D eigenvalue weighted by Crippen LogP contribution is -2.22. The molecule has 1 unspecified atom stereocenters. The molecule has 1 atom stereocenters. The Morgan fingerprint density at radius 2 is 2.05 bits per heavy atom. The first-order chi connectivity index (χ1) is 9.45. The Morgan fingerprint density at radius 1 is 1.30 bits per heavy atom. The topological polar surface area (TPSA) is 29.9 Å². The van der Waals surface area contributed by atoms with Crippen molar-refractivity contribution in [2.24, 2.45) is 0 Å². The SMILES string of the molecule is Cc1ccccc1C1CCn2cc(C(F)(F)F)nc2N1. The number of halogens is 3. The first-order valence-corrected chi connectivity index (χ1v) is 6.41. The second-order valence-corrected chi connectivity index (χ2v) is 4.98. The van der Waals surface area contributed by atoms with Gasteiger partial charge in [-0.3, -0.25) is 0 Å². The van der Waals surface area contributed by atoms with E-state index in [1.807, 2.05) is 31.2 Å². The van der Waals surface area contributed by atoms with Crippen LogP contribution < -0.4 is 5.32 Å². The van der Waals surface area contributed by atoms with Crippen molar-refractivity contribution in [3.05, 3.63) is 47.3 Å². The monoisotopic (exact) mass is 281 g/mol. The molecule has 3 nitrogen and oxygen atoms in total. The number of nitrogens with one attached hydrogen (secondary N) is 1. The van der Waals surface area contributed by atoms with Gasteiger partial charge in [-0.15, -0.1) is 0 Å². The molecule has 3 rings (SSSR count). The molecule has 106 valence electrons. The van der Waals surface area contributed by atoms with E-state index in [9.17, 15) is 13.2 Å². The maximum absolute atomic E-state index is 12.7. The fourth-order valence-electron chi connectivity index (χ4n) is 2.55. The highest BCUT2D eigenvalue weighted by Gasteiger charge is 2.36. The highest BCUT2D eigenvalue weighted by molar-refractivity contribution is 5.40. The van der Waals surface area contributed by atoms with Crippen LogP contribution in [0.2, 0.25) is 0 Å². The van der Waals surface area contributed by atoms with E-state index in [1.54, 1.807) is 0 Å². The molecule has 1 aromatic heterocycles. The highest BCUT2D eigenvalue weighted by atomic mass is 19.4. The van der Waals surface area contributed by atoms with E-state index in [0.29, 0.717) is 6.54 Å². The number of aromatic nitrogens is 2. The lowest BCUT2D eigenvalue weighted by Gasteiger charge is -2.26. The van der Waals surface area contributed by atoms with Gasteiger partial charge in [0, 0.05) is 12.7 Å². The summed E-state index contributed by atoms with van der Waals surface area (Å²) in [5, 5.41) is 3.10. The van der Waals surface area contributed by atoms with E-state index in [1.165, 1.54) is 4.57 Å². The minimum Gasteiger partial charge on any atom is -0.349 e. The maximum atomic E-state index is 12.7. The third-order valence-corrected chi connectivity index (χ3v) is 3.59. The lowest BCUT2D eigenvalue weighted by molar-refractivity contribution is -0.140. The van der Waals surface area contributed by atoms with Crippen molar-refractivity contribution in [2.75, 3.05) is 5.32 Å². The maximum Gasteiger partial charge on any atom is 0.434 e. The van der Waals surface area contributed by atoms with Crippen LogP contribution in [-0.2, 0) is 12.7 Å². The minimum absolute atomic E-state index is 0.00665.